The molecule has 0 atom stereocenters. The molecular formula is C17H19FN6. The second kappa shape index (κ2) is 5.76. The fourth-order valence-electron chi connectivity index (χ4n) is 3.03. The monoisotopic (exact) mass is 326 g/mol. The van der Waals surface area contributed by atoms with Crippen molar-refractivity contribution in [3.8, 4) is 11.1 Å². The Bertz CT molecular complexity index is 881. The Morgan fingerprint density at radius 3 is 2.88 bits per heavy atom. The van der Waals surface area contributed by atoms with Gasteiger partial charge in [-0.3, -0.25) is 9.78 Å². The van der Waals surface area contributed by atoms with Crippen molar-refractivity contribution in [2.24, 2.45) is 7.05 Å². The van der Waals surface area contributed by atoms with Crippen molar-refractivity contribution in [3.63, 3.8) is 0 Å². The van der Waals surface area contributed by atoms with Crippen LogP contribution in [0.3, 0.4) is 0 Å². The van der Waals surface area contributed by atoms with Crippen molar-refractivity contribution in [2.75, 3.05) is 18.9 Å². The number of hydrogen-bond donors (Lipinski definition) is 2. The molecule has 1 aromatic carbocycles. The third kappa shape index (κ3) is 2.67. The van der Waals surface area contributed by atoms with Crippen LogP contribution in [0, 0.1) is 5.82 Å². The van der Waals surface area contributed by atoms with Crippen molar-refractivity contribution < 1.29 is 4.39 Å². The summed E-state index contributed by atoms with van der Waals surface area (Å²) < 4.78 is 16.2. The minimum Gasteiger partial charge on any atom is -0.336 e. The van der Waals surface area contributed by atoms with Crippen LogP contribution >= 0.6 is 0 Å². The Kier molecular flexibility index (Phi) is 3.57. The van der Waals surface area contributed by atoms with Gasteiger partial charge in [-0.25, -0.2) is 4.39 Å². The number of nitrogens with zero attached hydrogens (tertiary/aromatic N) is 4. The molecule has 3 aromatic rings. The summed E-state index contributed by atoms with van der Waals surface area (Å²) >= 11 is 0. The highest BCUT2D eigenvalue weighted by molar-refractivity contribution is 5.68. The van der Waals surface area contributed by atoms with E-state index in [4.69, 9.17) is 0 Å². The first-order chi connectivity index (χ1) is 11.6. The number of H-pyrrole nitrogens is 1. The van der Waals surface area contributed by atoms with Gasteiger partial charge >= 0.3 is 0 Å². The minimum atomic E-state index is -0.308. The van der Waals surface area contributed by atoms with Gasteiger partial charge in [-0.05, 0) is 24.7 Å². The minimum absolute atomic E-state index is 0.308. The lowest BCUT2D eigenvalue weighted by atomic mass is 10.1. The number of anilines is 2. The summed E-state index contributed by atoms with van der Waals surface area (Å²) in [5.74, 6) is 0.391. The average Bonchev–Trinajstić information content (AvgIpc) is 3.16. The SMILES string of the molecule is CN1CCc2[nH]nc(Nc3ccc(-c4cnn(C)c4)cc3F)c2C1. The van der Waals surface area contributed by atoms with Crippen molar-refractivity contribution in [1.29, 1.82) is 0 Å². The van der Waals surface area contributed by atoms with Gasteiger partial charge in [-0.2, -0.15) is 10.2 Å². The maximum Gasteiger partial charge on any atom is 0.157 e. The average molecular weight is 326 g/mol. The van der Waals surface area contributed by atoms with E-state index in [-0.39, 0.29) is 5.82 Å². The summed E-state index contributed by atoms with van der Waals surface area (Å²) in [7, 11) is 3.91. The number of benzene rings is 1. The predicted octanol–water partition coefficient (Wildman–Crippen LogP) is 2.68. The maximum atomic E-state index is 14.5. The van der Waals surface area contributed by atoms with E-state index in [0.29, 0.717) is 11.5 Å². The number of nitrogens with one attached hydrogen (secondary N) is 2. The maximum absolute atomic E-state index is 14.5. The first-order valence-corrected chi connectivity index (χ1v) is 7.90. The molecule has 7 heteroatoms. The number of aryl methyl sites for hydroxylation is 1. The van der Waals surface area contributed by atoms with Gasteiger partial charge in [0.15, 0.2) is 5.82 Å². The van der Waals surface area contributed by atoms with E-state index in [1.54, 1.807) is 16.9 Å². The van der Waals surface area contributed by atoms with Crippen LogP contribution in [-0.2, 0) is 20.0 Å². The fraction of sp³-hybridized carbons (Fsp3) is 0.294. The lowest BCUT2D eigenvalue weighted by Gasteiger charge is -2.22. The number of rotatable bonds is 3. The number of aromatic nitrogens is 4. The van der Waals surface area contributed by atoms with Crippen molar-refractivity contribution >= 4 is 11.5 Å². The second-order valence-corrected chi connectivity index (χ2v) is 6.24. The van der Waals surface area contributed by atoms with Crippen molar-refractivity contribution in [2.45, 2.75) is 13.0 Å². The standard InChI is InChI=1S/C17H19FN6/c1-23-6-5-15-13(10-23)17(22-21-15)20-16-4-3-11(7-14(16)18)12-8-19-24(2)9-12/h3-4,7-9H,5-6,10H2,1-2H3,(H2,20,21,22). The molecule has 0 amide bonds. The summed E-state index contributed by atoms with van der Waals surface area (Å²) in [6.45, 7) is 1.81. The van der Waals surface area contributed by atoms with Gasteiger partial charge in [0.25, 0.3) is 0 Å². The zero-order valence-electron chi connectivity index (χ0n) is 13.7. The smallest absolute Gasteiger partial charge is 0.157 e. The highest BCUT2D eigenvalue weighted by Gasteiger charge is 2.20. The molecular weight excluding hydrogens is 307 g/mol. The van der Waals surface area contributed by atoms with E-state index >= 15 is 0 Å². The number of hydrogen-bond acceptors (Lipinski definition) is 4. The van der Waals surface area contributed by atoms with Crippen molar-refractivity contribution in [1.82, 2.24) is 24.9 Å². The van der Waals surface area contributed by atoms with Gasteiger partial charge in [0, 0.05) is 49.6 Å². The lowest BCUT2D eigenvalue weighted by Crippen LogP contribution is -2.26. The van der Waals surface area contributed by atoms with E-state index in [0.717, 1.165) is 41.9 Å². The van der Waals surface area contributed by atoms with Gasteiger partial charge in [0.1, 0.15) is 5.82 Å². The first kappa shape index (κ1) is 14.9. The molecule has 0 spiro atoms. The molecule has 6 nitrogen and oxygen atoms in total. The van der Waals surface area contributed by atoms with Crippen LogP contribution in [0.2, 0.25) is 0 Å². The number of fused-ring (bicyclic) bond motifs is 1. The quantitative estimate of drug-likeness (QED) is 0.777. The third-order valence-corrected chi connectivity index (χ3v) is 4.38. The largest absolute Gasteiger partial charge is 0.336 e. The van der Waals surface area contributed by atoms with Crippen LogP contribution in [0.4, 0.5) is 15.9 Å². The lowest BCUT2D eigenvalue weighted by molar-refractivity contribution is 0.312. The van der Waals surface area contributed by atoms with Gasteiger partial charge in [0.2, 0.25) is 0 Å². The summed E-state index contributed by atoms with van der Waals surface area (Å²) in [5, 5.41) is 14.6. The molecule has 0 bridgehead atoms. The van der Waals surface area contributed by atoms with Crippen LogP contribution in [0.5, 0.6) is 0 Å². The molecule has 0 fully saturated rings. The molecule has 0 radical (unpaired) electrons. The van der Waals surface area contributed by atoms with Gasteiger partial charge < -0.3 is 10.2 Å². The molecule has 4 rings (SSSR count). The van der Waals surface area contributed by atoms with Crippen LogP contribution < -0.4 is 5.32 Å². The van der Waals surface area contributed by atoms with E-state index in [1.807, 2.05) is 19.3 Å². The highest BCUT2D eigenvalue weighted by Crippen LogP contribution is 2.29. The van der Waals surface area contributed by atoms with E-state index in [2.05, 4.69) is 32.6 Å². The molecule has 3 heterocycles. The van der Waals surface area contributed by atoms with Gasteiger partial charge in [-0.1, -0.05) is 6.07 Å². The van der Waals surface area contributed by atoms with Gasteiger partial charge in [-0.15, -0.1) is 0 Å². The third-order valence-electron chi connectivity index (χ3n) is 4.38. The molecule has 124 valence electrons. The summed E-state index contributed by atoms with van der Waals surface area (Å²) in [6, 6.07) is 5.14. The van der Waals surface area contributed by atoms with E-state index in [1.165, 1.54) is 6.07 Å². The number of likely N-dealkylation sites (N-methyl/N-ethyl adjacent to an activating group) is 1. The topological polar surface area (TPSA) is 61.8 Å². The highest BCUT2D eigenvalue weighted by atomic mass is 19.1. The predicted molar refractivity (Wildman–Crippen MR) is 90.5 cm³/mol. The molecule has 0 unspecified atom stereocenters. The molecule has 1 aliphatic rings. The van der Waals surface area contributed by atoms with Crippen LogP contribution in [-0.4, -0.2) is 38.5 Å². The molecule has 0 saturated carbocycles. The fourth-order valence-corrected chi connectivity index (χ4v) is 3.03. The van der Waals surface area contributed by atoms with Crippen LogP contribution in [0.1, 0.15) is 11.3 Å². The molecule has 2 aromatic heterocycles. The normalized spacial score (nSPS) is 14.6. The number of halogens is 1. The Morgan fingerprint density at radius 1 is 1.25 bits per heavy atom. The summed E-state index contributed by atoms with van der Waals surface area (Å²) in [6.07, 6.45) is 4.52. The second-order valence-electron chi connectivity index (χ2n) is 6.24. The molecule has 0 saturated heterocycles. The zero-order valence-corrected chi connectivity index (χ0v) is 13.7. The zero-order chi connectivity index (χ0) is 16.7. The van der Waals surface area contributed by atoms with Gasteiger partial charge in [0.05, 0.1) is 11.9 Å². The van der Waals surface area contributed by atoms with Crippen LogP contribution in [0.15, 0.2) is 30.6 Å². The Morgan fingerprint density at radius 2 is 2.12 bits per heavy atom. The summed E-state index contributed by atoms with van der Waals surface area (Å²) in [5.41, 5.74) is 4.35. The van der Waals surface area contributed by atoms with Crippen LogP contribution in [0.25, 0.3) is 11.1 Å². The first-order valence-electron chi connectivity index (χ1n) is 7.90. The Balaban J connectivity index is 1.61. The Labute approximate surface area is 139 Å². The number of aromatic amines is 1. The summed E-state index contributed by atoms with van der Waals surface area (Å²) in [4.78, 5) is 2.23. The molecule has 2 N–H and O–H groups in total. The van der Waals surface area contributed by atoms with E-state index in [9.17, 15) is 4.39 Å². The van der Waals surface area contributed by atoms with Crippen molar-refractivity contribution in [3.05, 3.63) is 47.7 Å². The molecule has 0 aliphatic carbocycles. The molecule has 1 aliphatic heterocycles. The Hall–Kier alpha value is -2.67. The molecule has 24 heavy (non-hydrogen) atoms. The van der Waals surface area contributed by atoms with E-state index < -0.39 is 0 Å².